The topological polar surface area (TPSA) is 67.1 Å². The maximum Gasteiger partial charge on any atom is 0.257 e. The molecule has 4 N–H and O–H groups in total. The normalized spacial score (nSPS) is 10.1. The number of hydrogen-bond donors (Lipinski definition) is 3. The molecule has 1 amide bonds. The second-order valence-corrected chi connectivity index (χ2v) is 5.15. The van der Waals surface area contributed by atoms with Crippen molar-refractivity contribution in [1.29, 1.82) is 0 Å². The number of nitrogens with one attached hydrogen (secondary N) is 2. The molecule has 2 rings (SSSR count). The molecule has 0 fully saturated rings. The van der Waals surface area contributed by atoms with E-state index in [1.165, 1.54) is 0 Å². The Morgan fingerprint density at radius 1 is 1.16 bits per heavy atom. The molecule has 0 aliphatic heterocycles. The lowest BCUT2D eigenvalue weighted by atomic mass is 10.1. The van der Waals surface area contributed by atoms with Crippen molar-refractivity contribution in [3.8, 4) is 0 Å². The third-order valence-electron chi connectivity index (χ3n) is 2.48. The highest BCUT2D eigenvalue weighted by molar-refractivity contribution is 9.10. The predicted octanol–water partition coefficient (Wildman–Crippen LogP) is 3.64. The lowest BCUT2D eigenvalue weighted by molar-refractivity contribution is 0.102. The highest BCUT2D eigenvalue weighted by Crippen LogP contribution is 2.22. The zero-order chi connectivity index (χ0) is 13.8. The largest absolute Gasteiger partial charge is 0.323 e. The molecule has 0 unspecified atom stereocenters. The monoisotopic (exact) mass is 339 g/mol. The van der Waals surface area contributed by atoms with Gasteiger partial charge in [-0.25, -0.2) is 0 Å². The van der Waals surface area contributed by atoms with Crippen LogP contribution in [0.1, 0.15) is 10.4 Å². The average molecular weight is 341 g/mol. The van der Waals surface area contributed by atoms with Gasteiger partial charge in [-0.15, -0.1) is 0 Å². The van der Waals surface area contributed by atoms with Crippen molar-refractivity contribution in [1.82, 2.24) is 0 Å². The van der Waals surface area contributed by atoms with Crippen LogP contribution >= 0.6 is 27.5 Å². The molecule has 0 heterocycles. The number of carbonyl (C=O) groups excluding carboxylic acids is 1. The number of amides is 1. The minimum absolute atomic E-state index is 0.280. The van der Waals surface area contributed by atoms with Gasteiger partial charge in [0.25, 0.3) is 5.91 Å². The fourth-order valence-corrected chi connectivity index (χ4v) is 2.00. The van der Waals surface area contributed by atoms with Gasteiger partial charge in [0.1, 0.15) is 0 Å². The third-order valence-corrected chi connectivity index (χ3v) is 3.25. The quantitative estimate of drug-likeness (QED) is 0.590. The highest BCUT2D eigenvalue weighted by Gasteiger charge is 2.11. The summed E-state index contributed by atoms with van der Waals surface area (Å²) in [6, 6.07) is 12.1. The molecule has 2 aromatic carbocycles. The fourth-order valence-electron chi connectivity index (χ4n) is 1.56. The maximum absolute atomic E-state index is 12.2. The Kier molecular flexibility index (Phi) is 4.42. The first-order valence-electron chi connectivity index (χ1n) is 5.43. The van der Waals surface area contributed by atoms with Crippen molar-refractivity contribution in [2.24, 2.45) is 5.84 Å². The molecular formula is C13H11BrClN3O. The van der Waals surface area contributed by atoms with Gasteiger partial charge in [-0.3, -0.25) is 10.6 Å². The van der Waals surface area contributed by atoms with Crippen molar-refractivity contribution in [2.75, 3.05) is 10.7 Å². The van der Waals surface area contributed by atoms with Gasteiger partial charge in [-0.1, -0.05) is 27.5 Å². The first kappa shape index (κ1) is 13.9. The smallest absolute Gasteiger partial charge is 0.257 e. The van der Waals surface area contributed by atoms with Crippen LogP contribution in [0.5, 0.6) is 0 Å². The number of hydrazine groups is 1. The second kappa shape index (κ2) is 6.06. The molecule has 0 bridgehead atoms. The van der Waals surface area contributed by atoms with Crippen molar-refractivity contribution < 1.29 is 4.79 Å². The lowest BCUT2D eigenvalue weighted by Gasteiger charge is -2.10. The third kappa shape index (κ3) is 3.47. The average Bonchev–Trinajstić information content (AvgIpc) is 2.41. The number of nitrogens with two attached hydrogens (primary N) is 1. The summed E-state index contributed by atoms with van der Waals surface area (Å²) in [6.07, 6.45) is 0. The number of nitrogen functional groups attached to an aromatic ring is 1. The number of carbonyl (C=O) groups is 1. The van der Waals surface area contributed by atoms with E-state index in [2.05, 4.69) is 26.7 Å². The van der Waals surface area contributed by atoms with E-state index in [1.54, 1.807) is 30.3 Å². The van der Waals surface area contributed by atoms with Crippen molar-refractivity contribution in [3.05, 3.63) is 57.5 Å². The summed E-state index contributed by atoms with van der Waals surface area (Å²) < 4.78 is 0.942. The number of anilines is 2. The van der Waals surface area contributed by atoms with Gasteiger partial charge in [0.15, 0.2) is 0 Å². The molecule has 0 saturated heterocycles. The molecule has 98 valence electrons. The zero-order valence-electron chi connectivity index (χ0n) is 9.78. The van der Waals surface area contributed by atoms with E-state index in [4.69, 9.17) is 17.4 Å². The Balaban J connectivity index is 2.24. The van der Waals surface area contributed by atoms with Gasteiger partial charge in [0.05, 0.1) is 11.3 Å². The van der Waals surface area contributed by atoms with E-state index in [0.717, 1.165) is 4.47 Å². The Hall–Kier alpha value is -1.56. The van der Waals surface area contributed by atoms with E-state index in [1.807, 2.05) is 12.1 Å². The van der Waals surface area contributed by atoms with E-state index in [-0.39, 0.29) is 5.91 Å². The van der Waals surface area contributed by atoms with Gasteiger partial charge in [0, 0.05) is 15.2 Å². The zero-order valence-corrected chi connectivity index (χ0v) is 12.1. The Bertz CT molecular complexity index is 601. The number of rotatable bonds is 3. The maximum atomic E-state index is 12.2. The minimum atomic E-state index is -0.280. The molecule has 0 atom stereocenters. The van der Waals surface area contributed by atoms with Crippen molar-refractivity contribution in [3.63, 3.8) is 0 Å². The predicted molar refractivity (Wildman–Crippen MR) is 81.4 cm³/mol. The van der Waals surface area contributed by atoms with Gasteiger partial charge in [-0.05, 0) is 42.5 Å². The van der Waals surface area contributed by atoms with Crippen LogP contribution in [0.15, 0.2) is 46.9 Å². The van der Waals surface area contributed by atoms with E-state index in [0.29, 0.717) is 22.0 Å². The Morgan fingerprint density at radius 2 is 1.84 bits per heavy atom. The van der Waals surface area contributed by atoms with Gasteiger partial charge in [0.2, 0.25) is 0 Å². The van der Waals surface area contributed by atoms with Crippen molar-refractivity contribution in [2.45, 2.75) is 0 Å². The van der Waals surface area contributed by atoms with Crippen LogP contribution < -0.4 is 16.6 Å². The summed E-state index contributed by atoms with van der Waals surface area (Å²) in [4.78, 5) is 12.2. The van der Waals surface area contributed by atoms with Gasteiger partial charge >= 0.3 is 0 Å². The summed E-state index contributed by atoms with van der Waals surface area (Å²) >= 11 is 9.22. The Morgan fingerprint density at radius 3 is 2.47 bits per heavy atom. The van der Waals surface area contributed by atoms with Crippen LogP contribution in [-0.2, 0) is 0 Å². The number of benzene rings is 2. The summed E-state index contributed by atoms with van der Waals surface area (Å²) in [5.74, 6) is 5.09. The van der Waals surface area contributed by atoms with E-state index in [9.17, 15) is 4.79 Å². The number of halogens is 2. The van der Waals surface area contributed by atoms with Crippen LogP contribution in [0.25, 0.3) is 0 Å². The molecule has 0 spiro atoms. The lowest BCUT2D eigenvalue weighted by Crippen LogP contribution is -2.17. The molecule has 2 aromatic rings. The minimum Gasteiger partial charge on any atom is -0.323 e. The molecule has 4 nitrogen and oxygen atoms in total. The van der Waals surface area contributed by atoms with Crippen LogP contribution in [0, 0.1) is 0 Å². The van der Waals surface area contributed by atoms with Crippen LogP contribution in [-0.4, -0.2) is 5.91 Å². The molecule has 0 radical (unpaired) electrons. The first-order valence-corrected chi connectivity index (χ1v) is 6.60. The standard InChI is InChI=1S/C13H11BrClN3O/c14-8-1-4-10(5-2-8)17-13(19)11-7-9(15)3-6-12(11)18-16/h1-7,18H,16H2,(H,17,19). The molecule has 0 aliphatic carbocycles. The van der Waals surface area contributed by atoms with Gasteiger partial charge < -0.3 is 10.7 Å². The molecule has 6 heteroatoms. The molecule has 0 saturated carbocycles. The molecule has 0 aliphatic rings. The SMILES string of the molecule is NNc1ccc(Cl)cc1C(=O)Nc1ccc(Br)cc1. The Labute approximate surface area is 124 Å². The summed E-state index contributed by atoms with van der Waals surface area (Å²) in [5.41, 5.74) is 4.06. The van der Waals surface area contributed by atoms with E-state index >= 15 is 0 Å². The van der Waals surface area contributed by atoms with Crippen LogP contribution in [0.2, 0.25) is 5.02 Å². The summed E-state index contributed by atoms with van der Waals surface area (Å²) in [5, 5.41) is 3.25. The second-order valence-electron chi connectivity index (χ2n) is 3.80. The van der Waals surface area contributed by atoms with Gasteiger partial charge in [-0.2, -0.15) is 0 Å². The van der Waals surface area contributed by atoms with Crippen molar-refractivity contribution >= 4 is 44.8 Å². The first-order chi connectivity index (χ1) is 9.10. The summed E-state index contributed by atoms with van der Waals surface area (Å²) in [6.45, 7) is 0. The summed E-state index contributed by atoms with van der Waals surface area (Å²) in [7, 11) is 0. The van der Waals surface area contributed by atoms with Crippen LogP contribution in [0.4, 0.5) is 11.4 Å². The number of hydrogen-bond acceptors (Lipinski definition) is 3. The van der Waals surface area contributed by atoms with Crippen LogP contribution in [0.3, 0.4) is 0 Å². The fraction of sp³-hybridized carbons (Fsp3) is 0. The molecule has 19 heavy (non-hydrogen) atoms. The molecular weight excluding hydrogens is 330 g/mol. The highest BCUT2D eigenvalue weighted by atomic mass is 79.9. The van der Waals surface area contributed by atoms with E-state index < -0.39 is 0 Å². The molecule has 0 aromatic heterocycles.